The SMILES string of the molecule is CCCCC(CC)C(=O)N1CCNCC1c1cccc(F)c1. The molecule has 0 saturated carbocycles. The van der Waals surface area contributed by atoms with Gasteiger partial charge in [-0.1, -0.05) is 38.8 Å². The van der Waals surface area contributed by atoms with Crippen molar-refractivity contribution in [2.45, 2.75) is 45.6 Å². The first-order valence-corrected chi connectivity index (χ1v) is 8.44. The fourth-order valence-electron chi connectivity index (χ4n) is 3.17. The molecule has 1 aliphatic rings. The van der Waals surface area contributed by atoms with E-state index in [9.17, 15) is 9.18 Å². The average Bonchev–Trinajstić information content (AvgIpc) is 2.55. The normalized spacial score (nSPS) is 20.0. The molecule has 2 rings (SSSR count). The number of carbonyl (C=O) groups is 1. The molecule has 0 radical (unpaired) electrons. The molecule has 2 unspecified atom stereocenters. The van der Waals surface area contributed by atoms with E-state index in [1.54, 1.807) is 12.1 Å². The van der Waals surface area contributed by atoms with Gasteiger partial charge in [-0.15, -0.1) is 0 Å². The fraction of sp³-hybridized carbons (Fsp3) is 0.611. The second kappa shape index (κ2) is 8.28. The van der Waals surface area contributed by atoms with Gasteiger partial charge in [0.1, 0.15) is 5.82 Å². The third-order valence-electron chi connectivity index (χ3n) is 4.51. The predicted molar refractivity (Wildman–Crippen MR) is 87.0 cm³/mol. The van der Waals surface area contributed by atoms with Gasteiger partial charge in [0.05, 0.1) is 6.04 Å². The van der Waals surface area contributed by atoms with Gasteiger partial charge >= 0.3 is 0 Å². The van der Waals surface area contributed by atoms with Gasteiger partial charge in [0, 0.05) is 25.6 Å². The number of hydrogen-bond acceptors (Lipinski definition) is 2. The number of benzene rings is 1. The highest BCUT2D eigenvalue weighted by molar-refractivity contribution is 5.79. The first-order valence-electron chi connectivity index (χ1n) is 8.44. The van der Waals surface area contributed by atoms with Crippen LogP contribution in [0.15, 0.2) is 24.3 Å². The van der Waals surface area contributed by atoms with Crippen molar-refractivity contribution in [2.24, 2.45) is 5.92 Å². The van der Waals surface area contributed by atoms with E-state index < -0.39 is 0 Å². The molecule has 0 bridgehead atoms. The maximum absolute atomic E-state index is 13.5. The van der Waals surface area contributed by atoms with Crippen LogP contribution in [-0.2, 0) is 4.79 Å². The number of nitrogens with zero attached hydrogens (tertiary/aromatic N) is 1. The van der Waals surface area contributed by atoms with Crippen LogP contribution in [0.5, 0.6) is 0 Å². The Kier molecular flexibility index (Phi) is 6.37. The summed E-state index contributed by atoms with van der Waals surface area (Å²) < 4.78 is 13.5. The van der Waals surface area contributed by atoms with Gasteiger partial charge in [0.25, 0.3) is 0 Å². The molecule has 4 heteroatoms. The summed E-state index contributed by atoms with van der Waals surface area (Å²) in [6.45, 7) is 6.43. The molecule has 1 aromatic rings. The maximum atomic E-state index is 13.5. The smallest absolute Gasteiger partial charge is 0.226 e. The van der Waals surface area contributed by atoms with E-state index in [0.717, 1.165) is 37.8 Å². The van der Waals surface area contributed by atoms with Crippen LogP contribution < -0.4 is 5.32 Å². The summed E-state index contributed by atoms with van der Waals surface area (Å²) in [6.07, 6.45) is 4.02. The maximum Gasteiger partial charge on any atom is 0.226 e. The summed E-state index contributed by atoms with van der Waals surface area (Å²) in [7, 11) is 0. The molecule has 1 heterocycles. The molecule has 0 spiro atoms. The van der Waals surface area contributed by atoms with Gasteiger partial charge < -0.3 is 10.2 Å². The predicted octanol–water partition coefficient (Wildman–Crippen LogP) is 3.52. The van der Waals surface area contributed by atoms with Gasteiger partial charge in [-0.05, 0) is 30.5 Å². The van der Waals surface area contributed by atoms with Gasteiger partial charge in [-0.2, -0.15) is 0 Å². The second-order valence-corrected chi connectivity index (χ2v) is 6.05. The number of hydrogen-bond donors (Lipinski definition) is 1. The van der Waals surface area contributed by atoms with E-state index in [-0.39, 0.29) is 23.7 Å². The molecular formula is C18H27FN2O. The minimum absolute atomic E-state index is 0.0624. The van der Waals surface area contributed by atoms with E-state index >= 15 is 0 Å². The van der Waals surface area contributed by atoms with Crippen LogP contribution in [0, 0.1) is 11.7 Å². The lowest BCUT2D eigenvalue weighted by molar-refractivity contribution is -0.139. The van der Waals surface area contributed by atoms with E-state index in [1.807, 2.05) is 11.0 Å². The molecule has 1 amide bonds. The summed E-state index contributed by atoms with van der Waals surface area (Å²) in [6, 6.07) is 6.56. The summed E-state index contributed by atoms with van der Waals surface area (Å²) in [4.78, 5) is 14.9. The Balaban J connectivity index is 2.16. The summed E-state index contributed by atoms with van der Waals surface area (Å²) in [5.41, 5.74) is 0.880. The minimum Gasteiger partial charge on any atom is -0.333 e. The molecule has 2 atom stereocenters. The monoisotopic (exact) mass is 306 g/mol. The molecule has 1 N–H and O–H groups in total. The van der Waals surface area contributed by atoms with Crippen LogP contribution in [0.3, 0.4) is 0 Å². The lowest BCUT2D eigenvalue weighted by atomic mass is 9.95. The Morgan fingerprint density at radius 2 is 2.27 bits per heavy atom. The summed E-state index contributed by atoms with van der Waals surface area (Å²) in [5, 5.41) is 3.32. The quantitative estimate of drug-likeness (QED) is 0.872. The van der Waals surface area contributed by atoms with Crippen molar-refractivity contribution in [2.75, 3.05) is 19.6 Å². The summed E-state index contributed by atoms with van der Waals surface area (Å²) >= 11 is 0. The third kappa shape index (κ3) is 4.07. The van der Waals surface area contributed by atoms with Crippen LogP contribution in [0.4, 0.5) is 4.39 Å². The van der Waals surface area contributed by atoms with Crippen molar-refractivity contribution in [1.29, 1.82) is 0 Å². The molecule has 1 saturated heterocycles. The number of amides is 1. The molecule has 1 aromatic carbocycles. The molecule has 0 aliphatic carbocycles. The fourth-order valence-corrected chi connectivity index (χ4v) is 3.17. The lowest BCUT2D eigenvalue weighted by Gasteiger charge is -2.38. The van der Waals surface area contributed by atoms with Crippen LogP contribution in [0.25, 0.3) is 0 Å². The van der Waals surface area contributed by atoms with E-state index in [4.69, 9.17) is 0 Å². The molecular weight excluding hydrogens is 279 g/mol. The average molecular weight is 306 g/mol. The van der Waals surface area contributed by atoms with E-state index in [1.165, 1.54) is 6.07 Å². The Hall–Kier alpha value is -1.42. The highest BCUT2D eigenvalue weighted by Crippen LogP contribution is 2.26. The van der Waals surface area contributed by atoms with Crippen LogP contribution >= 0.6 is 0 Å². The number of unbranched alkanes of at least 4 members (excludes halogenated alkanes) is 1. The molecule has 1 aliphatic heterocycles. The van der Waals surface area contributed by atoms with E-state index in [0.29, 0.717) is 13.1 Å². The van der Waals surface area contributed by atoms with Crippen molar-refractivity contribution >= 4 is 5.91 Å². The van der Waals surface area contributed by atoms with Gasteiger partial charge in [0.2, 0.25) is 5.91 Å². The Labute approximate surface area is 132 Å². The largest absolute Gasteiger partial charge is 0.333 e. The number of nitrogens with one attached hydrogen (secondary N) is 1. The molecule has 22 heavy (non-hydrogen) atoms. The number of rotatable bonds is 6. The van der Waals surface area contributed by atoms with Crippen molar-refractivity contribution in [3.05, 3.63) is 35.6 Å². The second-order valence-electron chi connectivity index (χ2n) is 6.05. The first-order chi connectivity index (χ1) is 10.7. The molecule has 1 fully saturated rings. The lowest BCUT2D eigenvalue weighted by Crippen LogP contribution is -2.50. The zero-order valence-electron chi connectivity index (χ0n) is 13.6. The minimum atomic E-state index is -0.242. The standard InChI is InChI=1S/C18H27FN2O/c1-3-5-7-14(4-2)18(22)21-11-10-20-13-17(21)15-8-6-9-16(19)12-15/h6,8-9,12,14,17,20H,3-5,7,10-11,13H2,1-2H3. The molecule has 0 aromatic heterocycles. The van der Waals surface area contributed by atoms with Gasteiger partial charge in [-0.25, -0.2) is 4.39 Å². The number of carbonyl (C=O) groups excluding carboxylic acids is 1. The number of halogens is 1. The topological polar surface area (TPSA) is 32.3 Å². The zero-order chi connectivity index (χ0) is 15.9. The molecule has 122 valence electrons. The van der Waals surface area contributed by atoms with Crippen LogP contribution in [0.2, 0.25) is 0 Å². The van der Waals surface area contributed by atoms with Crippen LogP contribution in [-0.4, -0.2) is 30.4 Å². The van der Waals surface area contributed by atoms with Crippen molar-refractivity contribution < 1.29 is 9.18 Å². The van der Waals surface area contributed by atoms with Gasteiger partial charge in [-0.3, -0.25) is 4.79 Å². The zero-order valence-corrected chi connectivity index (χ0v) is 13.6. The highest BCUT2D eigenvalue weighted by Gasteiger charge is 2.31. The van der Waals surface area contributed by atoms with Gasteiger partial charge in [0.15, 0.2) is 0 Å². The Morgan fingerprint density at radius 3 is 2.95 bits per heavy atom. The Bertz CT molecular complexity index is 492. The summed E-state index contributed by atoms with van der Waals surface area (Å²) in [5.74, 6) is 0.0781. The van der Waals surface area contributed by atoms with E-state index in [2.05, 4.69) is 19.2 Å². The van der Waals surface area contributed by atoms with Crippen molar-refractivity contribution in [3.63, 3.8) is 0 Å². The van der Waals surface area contributed by atoms with Crippen molar-refractivity contribution in [1.82, 2.24) is 10.2 Å². The first kappa shape index (κ1) is 16.9. The number of piperazine rings is 1. The van der Waals surface area contributed by atoms with Crippen LogP contribution in [0.1, 0.15) is 51.1 Å². The molecule has 3 nitrogen and oxygen atoms in total. The highest BCUT2D eigenvalue weighted by atomic mass is 19.1. The third-order valence-corrected chi connectivity index (χ3v) is 4.51. The van der Waals surface area contributed by atoms with Crippen molar-refractivity contribution in [3.8, 4) is 0 Å². The Morgan fingerprint density at radius 1 is 1.45 bits per heavy atom.